The Morgan fingerprint density at radius 1 is 1.36 bits per heavy atom. The minimum absolute atomic E-state index is 0.189. The van der Waals surface area contributed by atoms with E-state index in [-0.39, 0.29) is 6.04 Å². The third kappa shape index (κ3) is 3.64. The van der Waals surface area contributed by atoms with Gasteiger partial charge in [0.1, 0.15) is 0 Å². The van der Waals surface area contributed by atoms with Crippen LogP contribution in [0.2, 0.25) is 0 Å². The summed E-state index contributed by atoms with van der Waals surface area (Å²) in [6.07, 6.45) is 7.78. The summed E-state index contributed by atoms with van der Waals surface area (Å²) < 4.78 is 0. The molecule has 1 atom stereocenters. The van der Waals surface area contributed by atoms with Gasteiger partial charge >= 0.3 is 0 Å². The van der Waals surface area contributed by atoms with E-state index in [0.29, 0.717) is 0 Å². The summed E-state index contributed by atoms with van der Waals surface area (Å²) >= 11 is 0. The topological polar surface area (TPSA) is 26.0 Å². The number of aryl methyl sites for hydroxylation is 1. The van der Waals surface area contributed by atoms with Gasteiger partial charge in [0.15, 0.2) is 0 Å². The molecule has 1 heteroatoms. The van der Waals surface area contributed by atoms with Crippen LogP contribution in [0.15, 0.2) is 24.3 Å². The Hall–Kier alpha value is -1.26. The first kappa shape index (κ1) is 10.8. The van der Waals surface area contributed by atoms with Gasteiger partial charge in [0.25, 0.3) is 0 Å². The summed E-state index contributed by atoms with van der Waals surface area (Å²) in [5.74, 6) is 2.61. The molecule has 0 fully saturated rings. The summed E-state index contributed by atoms with van der Waals surface area (Å²) in [5.41, 5.74) is 8.51. The summed E-state index contributed by atoms with van der Waals surface area (Å²) in [4.78, 5) is 0. The molecule has 1 aromatic carbocycles. The van der Waals surface area contributed by atoms with Crippen molar-refractivity contribution < 1.29 is 0 Å². The van der Waals surface area contributed by atoms with Crippen molar-refractivity contribution in [3.8, 4) is 12.3 Å². The fourth-order valence-electron chi connectivity index (χ4n) is 1.40. The van der Waals surface area contributed by atoms with Gasteiger partial charge in [-0.05, 0) is 25.3 Å². The number of rotatable bonds is 4. The highest BCUT2D eigenvalue weighted by Crippen LogP contribution is 2.07. The zero-order valence-electron chi connectivity index (χ0n) is 8.66. The van der Waals surface area contributed by atoms with Crippen molar-refractivity contribution in [3.05, 3.63) is 35.4 Å². The minimum atomic E-state index is 0.189. The smallest absolute Gasteiger partial charge is 0.0101 e. The van der Waals surface area contributed by atoms with Crippen LogP contribution in [-0.2, 0) is 6.42 Å². The molecule has 0 heterocycles. The lowest BCUT2D eigenvalue weighted by Crippen LogP contribution is -2.22. The molecule has 0 radical (unpaired) electrons. The van der Waals surface area contributed by atoms with E-state index >= 15 is 0 Å². The van der Waals surface area contributed by atoms with E-state index in [1.165, 1.54) is 11.1 Å². The Balaban J connectivity index is 2.44. The molecule has 0 saturated carbocycles. The molecule has 0 spiro atoms. The molecule has 2 N–H and O–H groups in total. The number of benzene rings is 1. The second-order valence-electron chi connectivity index (χ2n) is 3.69. The fourth-order valence-corrected chi connectivity index (χ4v) is 1.40. The molecule has 1 rings (SSSR count). The molecule has 0 aromatic heterocycles. The van der Waals surface area contributed by atoms with Crippen molar-refractivity contribution in [2.75, 3.05) is 0 Å². The van der Waals surface area contributed by atoms with E-state index in [4.69, 9.17) is 12.2 Å². The molecule has 74 valence electrons. The highest BCUT2D eigenvalue weighted by molar-refractivity contribution is 5.22. The number of hydrogen-bond donors (Lipinski definition) is 1. The maximum absolute atomic E-state index is 5.93. The van der Waals surface area contributed by atoms with Gasteiger partial charge in [-0.3, -0.25) is 0 Å². The Morgan fingerprint density at radius 2 is 2.00 bits per heavy atom. The van der Waals surface area contributed by atoms with Gasteiger partial charge in [0.2, 0.25) is 0 Å². The number of terminal acetylenes is 1. The summed E-state index contributed by atoms with van der Waals surface area (Å²) in [6.45, 7) is 2.09. The second kappa shape index (κ2) is 5.47. The monoisotopic (exact) mass is 187 g/mol. The molecule has 0 aliphatic rings. The summed E-state index contributed by atoms with van der Waals surface area (Å²) in [7, 11) is 0. The lowest BCUT2D eigenvalue weighted by Gasteiger charge is -2.09. The lowest BCUT2D eigenvalue weighted by molar-refractivity contribution is 0.623. The Kier molecular flexibility index (Phi) is 4.22. The van der Waals surface area contributed by atoms with Gasteiger partial charge in [-0.15, -0.1) is 12.3 Å². The molecule has 1 nitrogen and oxygen atoms in total. The van der Waals surface area contributed by atoms with Crippen molar-refractivity contribution in [1.82, 2.24) is 0 Å². The van der Waals surface area contributed by atoms with Crippen LogP contribution in [-0.4, -0.2) is 6.04 Å². The third-order valence-corrected chi connectivity index (χ3v) is 2.28. The first-order valence-electron chi connectivity index (χ1n) is 4.97. The van der Waals surface area contributed by atoms with Crippen LogP contribution in [0.3, 0.4) is 0 Å². The van der Waals surface area contributed by atoms with Gasteiger partial charge < -0.3 is 5.73 Å². The van der Waals surface area contributed by atoms with E-state index in [1.54, 1.807) is 0 Å². The van der Waals surface area contributed by atoms with Crippen molar-refractivity contribution in [3.63, 3.8) is 0 Å². The highest BCUT2D eigenvalue weighted by atomic mass is 14.6. The Morgan fingerprint density at radius 3 is 2.57 bits per heavy atom. The molecule has 0 aliphatic heterocycles. The zero-order valence-corrected chi connectivity index (χ0v) is 8.66. The maximum Gasteiger partial charge on any atom is 0.0101 e. The SMILES string of the molecule is C#CCCC(N)Cc1ccc(C)cc1. The molecule has 0 amide bonds. The van der Waals surface area contributed by atoms with Crippen LogP contribution >= 0.6 is 0 Å². The summed E-state index contributed by atoms with van der Waals surface area (Å²) in [6, 6.07) is 8.68. The quantitative estimate of drug-likeness (QED) is 0.719. The van der Waals surface area contributed by atoms with Gasteiger partial charge in [-0.25, -0.2) is 0 Å². The standard InChI is InChI=1S/C13H17N/c1-3-4-5-13(14)10-12-8-6-11(2)7-9-12/h1,6-9,13H,4-5,10,14H2,2H3. The third-order valence-electron chi connectivity index (χ3n) is 2.28. The molecule has 0 saturated heterocycles. The number of nitrogens with two attached hydrogens (primary N) is 1. The zero-order chi connectivity index (χ0) is 10.4. The highest BCUT2D eigenvalue weighted by Gasteiger charge is 2.02. The minimum Gasteiger partial charge on any atom is -0.327 e. The first-order chi connectivity index (χ1) is 6.72. The number of hydrogen-bond acceptors (Lipinski definition) is 1. The average molecular weight is 187 g/mol. The molecular weight excluding hydrogens is 170 g/mol. The van der Waals surface area contributed by atoms with Gasteiger partial charge in [0.05, 0.1) is 0 Å². The van der Waals surface area contributed by atoms with Crippen LogP contribution < -0.4 is 5.73 Å². The van der Waals surface area contributed by atoms with Crippen LogP contribution in [0.5, 0.6) is 0 Å². The van der Waals surface area contributed by atoms with E-state index in [9.17, 15) is 0 Å². The lowest BCUT2D eigenvalue weighted by atomic mass is 10.0. The Bertz CT molecular complexity index is 305. The van der Waals surface area contributed by atoms with Crippen molar-refractivity contribution in [2.24, 2.45) is 5.73 Å². The van der Waals surface area contributed by atoms with Crippen LogP contribution in [0.4, 0.5) is 0 Å². The van der Waals surface area contributed by atoms with Crippen LogP contribution in [0.25, 0.3) is 0 Å². The van der Waals surface area contributed by atoms with Crippen LogP contribution in [0, 0.1) is 19.3 Å². The van der Waals surface area contributed by atoms with Gasteiger partial charge in [-0.2, -0.15) is 0 Å². The largest absolute Gasteiger partial charge is 0.327 e. The van der Waals surface area contributed by atoms with Gasteiger partial charge in [-0.1, -0.05) is 29.8 Å². The maximum atomic E-state index is 5.93. The van der Waals surface area contributed by atoms with E-state index in [2.05, 4.69) is 37.1 Å². The molecular formula is C13H17N. The van der Waals surface area contributed by atoms with E-state index in [0.717, 1.165) is 19.3 Å². The second-order valence-corrected chi connectivity index (χ2v) is 3.69. The average Bonchev–Trinajstić information content (AvgIpc) is 2.18. The molecule has 1 unspecified atom stereocenters. The normalized spacial score (nSPS) is 12.1. The van der Waals surface area contributed by atoms with Crippen molar-refractivity contribution >= 4 is 0 Å². The van der Waals surface area contributed by atoms with Crippen molar-refractivity contribution in [1.29, 1.82) is 0 Å². The molecule has 0 aliphatic carbocycles. The molecule has 1 aromatic rings. The first-order valence-corrected chi connectivity index (χ1v) is 4.97. The van der Waals surface area contributed by atoms with Crippen LogP contribution in [0.1, 0.15) is 24.0 Å². The van der Waals surface area contributed by atoms with Gasteiger partial charge in [0, 0.05) is 12.5 Å². The Labute approximate surface area is 86.3 Å². The predicted octanol–water partition coefficient (Wildman–Crippen LogP) is 2.28. The van der Waals surface area contributed by atoms with Crippen molar-refractivity contribution in [2.45, 2.75) is 32.2 Å². The predicted molar refractivity (Wildman–Crippen MR) is 60.9 cm³/mol. The molecule has 14 heavy (non-hydrogen) atoms. The van der Waals surface area contributed by atoms with E-state index < -0.39 is 0 Å². The molecule has 0 bridgehead atoms. The fraction of sp³-hybridized carbons (Fsp3) is 0.385. The van der Waals surface area contributed by atoms with E-state index in [1.807, 2.05) is 0 Å². The summed E-state index contributed by atoms with van der Waals surface area (Å²) in [5, 5.41) is 0.